The predicted octanol–water partition coefficient (Wildman–Crippen LogP) is 6.96. The fourth-order valence-corrected chi connectivity index (χ4v) is 6.48. The van der Waals surface area contributed by atoms with E-state index in [9.17, 15) is 13.2 Å². The molecule has 1 saturated heterocycles. The summed E-state index contributed by atoms with van der Waals surface area (Å²) >= 11 is 0. The third-order valence-electron chi connectivity index (χ3n) is 8.56. The molecule has 1 aromatic carbocycles. The van der Waals surface area contributed by atoms with Gasteiger partial charge in [-0.05, 0) is 55.2 Å². The number of ether oxygens (including phenoxy) is 1. The van der Waals surface area contributed by atoms with Crippen LogP contribution in [0.2, 0.25) is 18.1 Å². The number of benzene rings is 1. The minimum Gasteiger partial charge on any atom is -0.409 e. The monoisotopic (exact) mass is 600 g/mol. The number of halogens is 3. The molecule has 3 aromatic heterocycles. The summed E-state index contributed by atoms with van der Waals surface area (Å²) in [7, 11) is -2.22. The first-order valence-corrected chi connectivity index (χ1v) is 17.2. The number of aromatic nitrogens is 5. The third kappa shape index (κ3) is 5.84. The molecule has 0 radical (unpaired) electrons. The molecule has 1 aliphatic heterocycles. The number of alkyl halides is 3. The lowest BCUT2D eigenvalue weighted by Crippen LogP contribution is -2.41. The van der Waals surface area contributed by atoms with Crippen LogP contribution in [0.15, 0.2) is 36.7 Å². The van der Waals surface area contributed by atoms with E-state index in [1.165, 1.54) is 13.0 Å². The first-order chi connectivity index (χ1) is 19.7. The Kier molecular flexibility index (Phi) is 8.01. The molecule has 0 aliphatic carbocycles. The van der Waals surface area contributed by atoms with Crippen LogP contribution in [-0.4, -0.2) is 59.2 Å². The van der Waals surface area contributed by atoms with Crippen LogP contribution >= 0.6 is 0 Å². The highest BCUT2D eigenvalue weighted by atomic mass is 28.4. The average Bonchev–Trinajstić information content (AvgIpc) is 3.57. The second-order valence-corrected chi connectivity index (χ2v) is 17.2. The smallest absolute Gasteiger partial charge is 0.409 e. The van der Waals surface area contributed by atoms with Gasteiger partial charge in [0.1, 0.15) is 5.82 Å². The van der Waals surface area contributed by atoms with E-state index in [-0.39, 0.29) is 17.0 Å². The van der Waals surface area contributed by atoms with Crippen LogP contribution in [0.4, 0.5) is 19.0 Å². The molecule has 0 amide bonds. The zero-order chi connectivity index (χ0) is 30.4. The van der Waals surface area contributed by atoms with E-state index in [0.717, 1.165) is 17.4 Å². The van der Waals surface area contributed by atoms with Crippen molar-refractivity contribution in [3.05, 3.63) is 64.7 Å². The zero-order valence-corrected chi connectivity index (χ0v) is 26.3. The van der Waals surface area contributed by atoms with Gasteiger partial charge in [-0.25, -0.2) is 14.5 Å². The van der Waals surface area contributed by atoms with Gasteiger partial charge in [0.15, 0.2) is 19.8 Å². The van der Waals surface area contributed by atoms with Gasteiger partial charge in [-0.15, -0.1) is 5.10 Å². The first kappa shape index (κ1) is 30.2. The van der Waals surface area contributed by atoms with E-state index < -0.39 is 26.2 Å². The summed E-state index contributed by atoms with van der Waals surface area (Å²) in [5, 5.41) is 4.99. The maximum Gasteiger partial charge on any atom is 0.416 e. The Morgan fingerprint density at radius 1 is 1.14 bits per heavy atom. The van der Waals surface area contributed by atoms with Gasteiger partial charge < -0.3 is 19.0 Å². The molecule has 4 heterocycles. The minimum absolute atomic E-state index is 0.0424. The SMILES string of the molecule is Cc1c(Cc2c(C(C)O[Si](C)(C)C(C)(C)C)nc3c(-c4ncc[nH]4)cc(N4CCOCC4)nn23)cccc1C(F)(F)F. The van der Waals surface area contributed by atoms with Crippen LogP contribution in [0.5, 0.6) is 0 Å². The topological polar surface area (TPSA) is 80.6 Å². The first-order valence-electron chi connectivity index (χ1n) is 14.3. The normalized spacial score (nSPS) is 15.9. The molecule has 1 aliphatic rings. The number of hydrogen-bond donors (Lipinski definition) is 1. The molecular formula is C30H39F3N6O2Si. The fraction of sp³-hybridized carbons (Fsp3) is 0.500. The predicted molar refractivity (Wildman–Crippen MR) is 159 cm³/mol. The van der Waals surface area contributed by atoms with E-state index in [0.29, 0.717) is 54.7 Å². The van der Waals surface area contributed by atoms with Gasteiger partial charge in [0.2, 0.25) is 0 Å². The van der Waals surface area contributed by atoms with Crippen LogP contribution < -0.4 is 4.90 Å². The molecule has 8 nitrogen and oxygen atoms in total. The Morgan fingerprint density at radius 3 is 2.48 bits per heavy atom. The molecule has 42 heavy (non-hydrogen) atoms. The molecule has 0 bridgehead atoms. The van der Waals surface area contributed by atoms with Crippen molar-refractivity contribution in [3.63, 3.8) is 0 Å². The van der Waals surface area contributed by atoms with E-state index in [1.54, 1.807) is 23.0 Å². The highest BCUT2D eigenvalue weighted by Gasteiger charge is 2.40. The maximum absolute atomic E-state index is 13.9. The van der Waals surface area contributed by atoms with Crippen molar-refractivity contribution in [2.24, 2.45) is 0 Å². The zero-order valence-electron chi connectivity index (χ0n) is 25.3. The van der Waals surface area contributed by atoms with Gasteiger partial charge in [-0.2, -0.15) is 13.2 Å². The van der Waals surface area contributed by atoms with E-state index in [2.05, 4.69) is 48.7 Å². The molecule has 1 fully saturated rings. The van der Waals surface area contributed by atoms with Crippen LogP contribution in [0, 0.1) is 6.92 Å². The van der Waals surface area contributed by atoms with E-state index in [4.69, 9.17) is 19.2 Å². The van der Waals surface area contributed by atoms with Crippen LogP contribution in [0.25, 0.3) is 17.0 Å². The quantitative estimate of drug-likeness (QED) is 0.231. The second kappa shape index (κ2) is 11.1. The van der Waals surface area contributed by atoms with Crippen LogP contribution in [0.1, 0.15) is 61.9 Å². The maximum atomic E-state index is 13.9. The molecule has 0 saturated carbocycles. The number of rotatable bonds is 7. The standard InChI is InChI=1S/C30H39F3N6O2Si/c1-19-21(9-8-10-23(19)30(31,32)33)17-24-26(20(2)41-42(6,7)29(3,4)5)36-28-22(27-34-11-12-35-27)18-25(37-39(24)28)38-13-15-40-16-14-38/h8-12,18,20H,13-17H2,1-7H3,(H,34,35). The Hall–Kier alpha value is -3.22. The second-order valence-electron chi connectivity index (χ2n) is 12.4. The molecule has 1 atom stereocenters. The van der Waals surface area contributed by atoms with Gasteiger partial charge in [0.25, 0.3) is 0 Å². The summed E-state index contributed by atoms with van der Waals surface area (Å²) in [6.07, 6.45) is -1.23. The lowest BCUT2D eigenvalue weighted by Gasteiger charge is -2.38. The van der Waals surface area contributed by atoms with Crippen molar-refractivity contribution >= 4 is 19.8 Å². The number of hydrogen-bond acceptors (Lipinski definition) is 6. The summed E-state index contributed by atoms with van der Waals surface area (Å²) in [4.78, 5) is 14.9. The van der Waals surface area contributed by atoms with Crippen molar-refractivity contribution in [2.45, 2.75) is 71.5 Å². The lowest BCUT2D eigenvalue weighted by atomic mass is 9.97. The fourth-order valence-electron chi connectivity index (χ4n) is 5.13. The van der Waals surface area contributed by atoms with Crippen molar-refractivity contribution in [2.75, 3.05) is 31.2 Å². The Bertz CT molecular complexity index is 1550. The molecule has 1 unspecified atom stereocenters. The van der Waals surface area contributed by atoms with Crippen LogP contribution in [-0.2, 0) is 21.8 Å². The number of anilines is 1. The minimum atomic E-state index is -4.45. The Balaban J connectivity index is 1.73. The molecule has 226 valence electrons. The third-order valence-corrected chi connectivity index (χ3v) is 13.1. The number of aromatic amines is 1. The highest BCUT2D eigenvalue weighted by Crippen LogP contribution is 2.41. The molecule has 5 rings (SSSR count). The van der Waals surface area contributed by atoms with E-state index in [1.807, 2.05) is 13.0 Å². The summed E-state index contributed by atoms with van der Waals surface area (Å²) < 4.78 is 55.7. The molecule has 0 spiro atoms. The average molecular weight is 601 g/mol. The van der Waals surface area contributed by atoms with Crippen molar-refractivity contribution < 1.29 is 22.3 Å². The summed E-state index contributed by atoms with van der Waals surface area (Å²) in [5.74, 6) is 1.36. The van der Waals surface area contributed by atoms with Crippen molar-refractivity contribution in [3.8, 4) is 11.4 Å². The lowest BCUT2D eigenvalue weighted by molar-refractivity contribution is -0.138. The molecule has 4 aromatic rings. The summed E-state index contributed by atoms with van der Waals surface area (Å²) in [5.41, 5.74) is 2.80. The Labute approximate surface area is 245 Å². The van der Waals surface area contributed by atoms with Gasteiger partial charge in [-0.3, -0.25) is 0 Å². The number of fused-ring (bicyclic) bond motifs is 1. The van der Waals surface area contributed by atoms with Gasteiger partial charge in [0.05, 0.1) is 41.8 Å². The Morgan fingerprint density at radius 2 is 1.86 bits per heavy atom. The number of nitrogens with zero attached hydrogens (tertiary/aromatic N) is 5. The molecule has 1 N–H and O–H groups in total. The summed E-state index contributed by atoms with van der Waals surface area (Å²) in [6.45, 7) is 16.9. The van der Waals surface area contributed by atoms with E-state index >= 15 is 0 Å². The van der Waals surface area contributed by atoms with Crippen molar-refractivity contribution in [1.82, 2.24) is 24.6 Å². The van der Waals surface area contributed by atoms with Gasteiger partial charge in [0, 0.05) is 31.9 Å². The summed E-state index contributed by atoms with van der Waals surface area (Å²) in [6, 6.07) is 6.30. The number of H-pyrrole nitrogens is 1. The number of morpholine rings is 1. The van der Waals surface area contributed by atoms with Crippen LogP contribution in [0.3, 0.4) is 0 Å². The molecule has 12 heteroatoms. The van der Waals surface area contributed by atoms with Gasteiger partial charge in [-0.1, -0.05) is 32.9 Å². The largest absolute Gasteiger partial charge is 0.416 e. The number of nitrogens with one attached hydrogen (secondary N) is 1. The number of imidazole rings is 2. The molecular weight excluding hydrogens is 561 g/mol. The van der Waals surface area contributed by atoms with Crippen molar-refractivity contribution in [1.29, 1.82) is 0 Å². The van der Waals surface area contributed by atoms with Gasteiger partial charge >= 0.3 is 6.18 Å². The highest BCUT2D eigenvalue weighted by molar-refractivity contribution is 6.74.